The molecule has 0 saturated heterocycles. The van der Waals surface area contributed by atoms with Crippen LogP contribution in [0.3, 0.4) is 0 Å². The Morgan fingerprint density at radius 3 is 2.54 bits per heavy atom. The van der Waals surface area contributed by atoms with Crippen molar-refractivity contribution in [2.75, 3.05) is 6.61 Å². The summed E-state index contributed by atoms with van der Waals surface area (Å²) >= 11 is 0. The van der Waals surface area contributed by atoms with E-state index in [0.717, 1.165) is 22.4 Å². The number of ether oxygens (including phenoxy) is 1. The number of nitrogens with zero attached hydrogens (tertiary/aromatic N) is 1. The molecule has 0 spiro atoms. The molecule has 0 radical (unpaired) electrons. The third-order valence-electron chi connectivity index (χ3n) is 3.87. The predicted octanol–water partition coefficient (Wildman–Crippen LogP) is 2.80. The number of carbonyl (C=O) groups is 1. The Labute approximate surface area is 150 Å². The lowest BCUT2D eigenvalue weighted by atomic mass is 10.1. The lowest BCUT2D eigenvalue weighted by molar-refractivity contribution is -0.139. The number of nitrogens with two attached hydrogens (primary N) is 1. The van der Waals surface area contributed by atoms with E-state index in [0.29, 0.717) is 17.1 Å². The first kappa shape index (κ1) is 17.2. The number of hydrogen-bond acceptors (Lipinski definition) is 4. The van der Waals surface area contributed by atoms with E-state index in [-0.39, 0.29) is 12.4 Å². The third kappa shape index (κ3) is 3.72. The average Bonchev–Trinajstić information content (AvgIpc) is 3.10. The van der Waals surface area contributed by atoms with Gasteiger partial charge in [0.25, 0.3) is 0 Å². The van der Waals surface area contributed by atoms with Crippen molar-refractivity contribution in [3.8, 4) is 28.4 Å². The Balaban J connectivity index is 1.82. The van der Waals surface area contributed by atoms with Crippen molar-refractivity contribution in [1.29, 1.82) is 5.41 Å². The highest BCUT2D eigenvalue weighted by atomic mass is 16.5. The van der Waals surface area contributed by atoms with Gasteiger partial charge in [-0.25, -0.2) is 9.78 Å². The molecule has 5 N–H and O–H groups in total. The Morgan fingerprint density at radius 2 is 1.92 bits per heavy atom. The minimum absolute atomic E-state index is 0.0277. The molecule has 0 amide bonds. The highest BCUT2D eigenvalue weighted by Gasteiger charge is 2.09. The molecule has 0 aliphatic heterocycles. The lowest BCUT2D eigenvalue weighted by Crippen LogP contribution is -2.10. The standard InChI is InChI=1S/C19H18N4O3/c1-11-8-14(6-7-16(11)26-10-17(24)25)19-22-9-15(23-19)12-2-4-13(5-3-12)18(20)21/h2-9H,10H2,1H3,(H3,20,21)(H,22,23)(H,24,25). The van der Waals surface area contributed by atoms with Gasteiger partial charge in [0.1, 0.15) is 17.4 Å². The summed E-state index contributed by atoms with van der Waals surface area (Å²) in [5, 5.41) is 16.1. The van der Waals surface area contributed by atoms with Gasteiger partial charge < -0.3 is 20.6 Å². The summed E-state index contributed by atoms with van der Waals surface area (Å²) in [5.41, 5.74) is 9.52. The third-order valence-corrected chi connectivity index (χ3v) is 3.87. The highest BCUT2D eigenvalue weighted by molar-refractivity contribution is 5.95. The van der Waals surface area contributed by atoms with Crippen molar-refractivity contribution in [2.45, 2.75) is 6.92 Å². The second kappa shape index (κ2) is 7.10. The number of amidine groups is 1. The van der Waals surface area contributed by atoms with Gasteiger partial charge in [0.2, 0.25) is 0 Å². The quantitative estimate of drug-likeness (QED) is 0.402. The molecule has 0 atom stereocenters. The lowest BCUT2D eigenvalue weighted by Gasteiger charge is -2.08. The molecular formula is C19H18N4O3. The number of aryl methyl sites for hydroxylation is 1. The molecule has 0 aliphatic rings. The molecule has 1 aromatic heterocycles. The molecule has 0 saturated carbocycles. The average molecular weight is 350 g/mol. The van der Waals surface area contributed by atoms with Crippen molar-refractivity contribution in [1.82, 2.24) is 9.97 Å². The molecule has 0 aliphatic carbocycles. The molecule has 132 valence electrons. The van der Waals surface area contributed by atoms with Crippen LogP contribution in [0.2, 0.25) is 0 Å². The van der Waals surface area contributed by atoms with Gasteiger partial charge in [0.15, 0.2) is 6.61 Å². The second-order valence-corrected chi connectivity index (χ2v) is 5.79. The minimum atomic E-state index is -1.01. The normalized spacial score (nSPS) is 10.5. The summed E-state index contributed by atoms with van der Waals surface area (Å²) in [7, 11) is 0. The zero-order chi connectivity index (χ0) is 18.7. The number of aromatic nitrogens is 2. The van der Waals surface area contributed by atoms with Crippen LogP contribution < -0.4 is 10.5 Å². The number of carboxylic acids is 1. The van der Waals surface area contributed by atoms with Gasteiger partial charge in [0, 0.05) is 22.9 Å². The zero-order valence-electron chi connectivity index (χ0n) is 14.1. The largest absolute Gasteiger partial charge is 0.482 e. The van der Waals surface area contributed by atoms with Gasteiger partial charge in [-0.3, -0.25) is 5.41 Å². The Bertz CT molecular complexity index is 961. The maximum absolute atomic E-state index is 10.6. The first-order valence-electron chi connectivity index (χ1n) is 7.90. The number of H-pyrrole nitrogens is 1. The van der Waals surface area contributed by atoms with Gasteiger partial charge in [-0.1, -0.05) is 24.3 Å². The molecule has 26 heavy (non-hydrogen) atoms. The molecule has 0 bridgehead atoms. The molecule has 3 aromatic rings. The number of nitrogen functional groups attached to an aromatic ring is 1. The van der Waals surface area contributed by atoms with Crippen LogP contribution >= 0.6 is 0 Å². The minimum Gasteiger partial charge on any atom is -0.482 e. The summed E-state index contributed by atoms with van der Waals surface area (Å²) in [6.45, 7) is 1.48. The summed E-state index contributed by atoms with van der Waals surface area (Å²) in [6, 6.07) is 12.7. The fourth-order valence-electron chi connectivity index (χ4n) is 2.54. The van der Waals surface area contributed by atoms with E-state index in [4.69, 9.17) is 21.0 Å². The number of rotatable bonds is 6. The van der Waals surface area contributed by atoms with Crippen LogP contribution in [0, 0.1) is 12.3 Å². The molecule has 2 aromatic carbocycles. The maximum Gasteiger partial charge on any atom is 0.341 e. The topological polar surface area (TPSA) is 125 Å². The van der Waals surface area contributed by atoms with E-state index in [1.165, 1.54) is 0 Å². The molecular weight excluding hydrogens is 332 g/mol. The molecule has 7 nitrogen and oxygen atoms in total. The van der Waals surface area contributed by atoms with Crippen LogP contribution in [0.25, 0.3) is 22.6 Å². The van der Waals surface area contributed by atoms with Crippen LogP contribution in [-0.4, -0.2) is 33.5 Å². The van der Waals surface area contributed by atoms with E-state index < -0.39 is 5.97 Å². The van der Waals surface area contributed by atoms with Crippen LogP contribution in [-0.2, 0) is 4.79 Å². The molecule has 0 fully saturated rings. The van der Waals surface area contributed by atoms with Crippen LogP contribution in [0.15, 0.2) is 48.7 Å². The Kier molecular flexibility index (Phi) is 4.70. The van der Waals surface area contributed by atoms with Crippen molar-refractivity contribution in [3.05, 3.63) is 59.8 Å². The van der Waals surface area contributed by atoms with Crippen molar-refractivity contribution < 1.29 is 14.6 Å². The molecule has 3 rings (SSSR count). The molecule has 7 heteroatoms. The van der Waals surface area contributed by atoms with Gasteiger partial charge in [0.05, 0.1) is 5.69 Å². The first-order chi connectivity index (χ1) is 12.4. The maximum atomic E-state index is 10.6. The monoisotopic (exact) mass is 350 g/mol. The zero-order valence-corrected chi connectivity index (χ0v) is 14.1. The SMILES string of the molecule is Cc1cc(-c2nc(-c3ccc(C(=N)N)cc3)c[nH]2)ccc1OCC(=O)O. The summed E-state index contributed by atoms with van der Waals surface area (Å²) in [6.07, 6.45) is 1.81. The fraction of sp³-hybridized carbons (Fsp3) is 0.105. The van der Waals surface area contributed by atoms with E-state index >= 15 is 0 Å². The Hall–Kier alpha value is -3.61. The summed E-state index contributed by atoms with van der Waals surface area (Å²) in [4.78, 5) is 18.3. The number of carboxylic acid groups (broad SMARTS) is 1. The van der Waals surface area contributed by atoms with Crippen molar-refractivity contribution in [2.24, 2.45) is 5.73 Å². The van der Waals surface area contributed by atoms with Gasteiger partial charge in [-0.15, -0.1) is 0 Å². The smallest absolute Gasteiger partial charge is 0.341 e. The van der Waals surface area contributed by atoms with Crippen LogP contribution in [0.5, 0.6) is 5.75 Å². The number of imidazole rings is 1. The van der Waals surface area contributed by atoms with Gasteiger partial charge in [-0.2, -0.15) is 0 Å². The second-order valence-electron chi connectivity index (χ2n) is 5.79. The fourth-order valence-corrected chi connectivity index (χ4v) is 2.54. The van der Waals surface area contributed by atoms with E-state index in [2.05, 4.69) is 9.97 Å². The number of nitrogens with one attached hydrogen (secondary N) is 2. The van der Waals surface area contributed by atoms with Crippen molar-refractivity contribution in [3.63, 3.8) is 0 Å². The summed E-state index contributed by atoms with van der Waals surface area (Å²) < 4.78 is 5.24. The number of hydrogen-bond donors (Lipinski definition) is 4. The van der Waals surface area contributed by atoms with E-state index in [1.807, 2.05) is 37.4 Å². The first-order valence-corrected chi connectivity index (χ1v) is 7.90. The number of aliphatic carboxylic acids is 1. The number of benzene rings is 2. The Morgan fingerprint density at radius 1 is 1.23 bits per heavy atom. The van der Waals surface area contributed by atoms with Gasteiger partial charge in [-0.05, 0) is 30.7 Å². The predicted molar refractivity (Wildman–Crippen MR) is 98.3 cm³/mol. The van der Waals surface area contributed by atoms with E-state index in [1.54, 1.807) is 18.2 Å². The highest BCUT2D eigenvalue weighted by Crippen LogP contribution is 2.26. The van der Waals surface area contributed by atoms with Crippen LogP contribution in [0.1, 0.15) is 11.1 Å². The van der Waals surface area contributed by atoms with E-state index in [9.17, 15) is 4.79 Å². The van der Waals surface area contributed by atoms with Crippen LogP contribution in [0.4, 0.5) is 0 Å². The number of aromatic amines is 1. The van der Waals surface area contributed by atoms with Crippen molar-refractivity contribution >= 4 is 11.8 Å². The molecule has 0 unspecified atom stereocenters. The molecule has 1 heterocycles. The van der Waals surface area contributed by atoms with Gasteiger partial charge >= 0.3 is 5.97 Å². The summed E-state index contributed by atoms with van der Waals surface area (Å²) in [5.74, 6) is 0.242.